The normalized spacial score (nSPS) is 19.7. The predicted octanol–water partition coefficient (Wildman–Crippen LogP) is 8.23. The number of rotatable bonds is 9. The smallest absolute Gasteiger partial charge is 0.280 e. The summed E-state index contributed by atoms with van der Waals surface area (Å²) in [6.45, 7) is 23.0. The molecule has 1 aliphatic rings. The number of hydrogen-bond donors (Lipinski definition) is 2. The molecule has 0 spiro atoms. The van der Waals surface area contributed by atoms with Crippen LogP contribution in [0.2, 0.25) is 36.3 Å². The van der Waals surface area contributed by atoms with Crippen LogP contribution in [0.25, 0.3) is 22.3 Å². The fourth-order valence-electron chi connectivity index (χ4n) is 4.95. The number of benzene rings is 2. The summed E-state index contributed by atoms with van der Waals surface area (Å²) < 4.78 is 22.2. The lowest BCUT2D eigenvalue weighted by molar-refractivity contribution is -0.0383. The summed E-state index contributed by atoms with van der Waals surface area (Å²) in [4.78, 5) is 25.3. The molecule has 1 saturated heterocycles. The van der Waals surface area contributed by atoms with Crippen LogP contribution in [-0.4, -0.2) is 55.0 Å². The first-order valence-electron chi connectivity index (χ1n) is 15.8. The predicted molar refractivity (Wildman–Crippen MR) is 187 cm³/mol. The molecule has 3 atom stereocenters. The molecule has 2 aromatic carbocycles. The highest BCUT2D eigenvalue weighted by Crippen LogP contribution is 2.43. The Morgan fingerprint density at radius 2 is 1.62 bits per heavy atom. The zero-order chi connectivity index (χ0) is 32.8. The van der Waals surface area contributed by atoms with Gasteiger partial charge in [-0.25, -0.2) is 4.98 Å². The van der Waals surface area contributed by atoms with Gasteiger partial charge in [-0.2, -0.15) is 4.98 Å². The highest BCUT2D eigenvalue weighted by atomic mass is 28.4. The minimum atomic E-state index is -2.11. The Morgan fingerprint density at radius 1 is 0.956 bits per heavy atom. The van der Waals surface area contributed by atoms with Gasteiger partial charge >= 0.3 is 0 Å². The van der Waals surface area contributed by atoms with Gasteiger partial charge in [0.1, 0.15) is 12.3 Å². The molecule has 0 saturated carbocycles. The van der Waals surface area contributed by atoms with Crippen molar-refractivity contribution in [1.29, 1.82) is 0 Å². The average Bonchev–Trinajstić information content (AvgIpc) is 3.55. The van der Waals surface area contributed by atoms with E-state index < -0.39 is 22.9 Å². The van der Waals surface area contributed by atoms with E-state index in [1.807, 2.05) is 41.0 Å². The van der Waals surface area contributed by atoms with Crippen molar-refractivity contribution in [2.24, 2.45) is 0 Å². The minimum Gasteiger partial charge on any atom is -0.414 e. The van der Waals surface area contributed by atoms with Crippen LogP contribution in [0, 0.1) is 0 Å². The van der Waals surface area contributed by atoms with Crippen molar-refractivity contribution >= 4 is 39.4 Å². The standard InChI is InChI=1S/C34H49N5O4Si2/c1-33(2,3)44(7,8)41-21-27-26(43-45(9,10)34(4,5)6)20-28(42-27)39-22-35-29-30(39)37-32(38-31(29)40)36-25-18-14-17-24(19-25)23-15-12-11-13-16-23/h11-19,22,26-28H,20-21H2,1-10H3,(H2,36,37,38,40)/t26-,27+,28+/m0/s1. The van der Waals surface area contributed by atoms with Crippen LogP contribution in [-0.2, 0) is 13.6 Å². The molecule has 2 N–H and O–H groups in total. The third-order valence-corrected chi connectivity index (χ3v) is 18.8. The molecule has 3 heterocycles. The van der Waals surface area contributed by atoms with Gasteiger partial charge in [-0.05, 0) is 59.5 Å². The number of ether oxygens (including phenoxy) is 1. The quantitative estimate of drug-likeness (QED) is 0.176. The van der Waals surface area contributed by atoms with Crippen molar-refractivity contribution in [1.82, 2.24) is 19.5 Å². The lowest BCUT2D eigenvalue weighted by atomic mass is 10.1. The first kappa shape index (κ1) is 33.3. The van der Waals surface area contributed by atoms with E-state index in [-0.39, 0.29) is 33.4 Å². The fourth-order valence-corrected chi connectivity index (χ4v) is 7.32. The second kappa shape index (κ2) is 12.3. The Hall–Kier alpha value is -3.10. The second-order valence-electron chi connectivity index (χ2n) is 15.2. The van der Waals surface area contributed by atoms with Gasteiger partial charge in [0.05, 0.1) is 19.0 Å². The van der Waals surface area contributed by atoms with Crippen LogP contribution in [0.1, 0.15) is 54.2 Å². The van der Waals surface area contributed by atoms with Gasteiger partial charge in [0, 0.05) is 12.1 Å². The largest absolute Gasteiger partial charge is 0.414 e. The molecule has 1 fully saturated rings. The summed E-state index contributed by atoms with van der Waals surface area (Å²) in [5.41, 5.74) is 3.40. The zero-order valence-corrected chi connectivity index (χ0v) is 30.4. The summed E-state index contributed by atoms with van der Waals surface area (Å²) in [7, 11) is -4.13. The lowest BCUT2D eigenvalue weighted by Crippen LogP contribution is -2.48. The Labute approximate surface area is 269 Å². The number of aromatic amines is 1. The van der Waals surface area contributed by atoms with E-state index in [4.69, 9.17) is 18.6 Å². The Bertz CT molecular complexity index is 1690. The van der Waals surface area contributed by atoms with Gasteiger partial charge < -0.3 is 18.9 Å². The number of imidazole rings is 1. The Kier molecular flexibility index (Phi) is 9.06. The minimum absolute atomic E-state index is 0.0465. The van der Waals surface area contributed by atoms with Crippen LogP contribution in [0.3, 0.4) is 0 Å². The number of nitrogens with zero attached hydrogens (tertiary/aromatic N) is 3. The SMILES string of the molecule is CC(C)(C)[Si](C)(C)OC[C@H]1O[C@@H](n2cnc3c(=O)[nH]c(Nc4cccc(-c5ccccc5)c4)nc32)C[C@@H]1O[Si](C)(C)C(C)(C)C. The molecule has 0 bridgehead atoms. The van der Waals surface area contributed by atoms with E-state index in [0.29, 0.717) is 24.6 Å². The first-order chi connectivity index (χ1) is 20.9. The molecule has 4 aromatic rings. The van der Waals surface area contributed by atoms with Crippen LogP contribution in [0.4, 0.5) is 11.6 Å². The van der Waals surface area contributed by atoms with E-state index in [0.717, 1.165) is 16.8 Å². The fraction of sp³-hybridized carbons (Fsp3) is 0.500. The number of fused-ring (bicyclic) bond motifs is 1. The summed E-state index contributed by atoms with van der Waals surface area (Å²) in [6, 6.07) is 18.2. The van der Waals surface area contributed by atoms with Crippen molar-refractivity contribution < 1.29 is 13.6 Å². The molecule has 242 valence electrons. The average molecular weight is 648 g/mol. The molecule has 11 heteroatoms. The molecule has 0 radical (unpaired) electrons. The molecule has 1 aliphatic heterocycles. The molecule has 2 aromatic heterocycles. The van der Waals surface area contributed by atoms with Crippen LogP contribution >= 0.6 is 0 Å². The zero-order valence-electron chi connectivity index (χ0n) is 28.4. The molecule has 0 unspecified atom stereocenters. The monoisotopic (exact) mass is 647 g/mol. The number of hydrogen-bond acceptors (Lipinski definition) is 7. The Balaban J connectivity index is 1.43. The highest BCUT2D eigenvalue weighted by molar-refractivity contribution is 6.74. The van der Waals surface area contributed by atoms with Crippen LogP contribution in [0.15, 0.2) is 65.7 Å². The van der Waals surface area contributed by atoms with Gasteiger partial charge in [0.2, 0.25) is 5.95 Å². The van der Waals surface area contributed by atoms with Crippen molar-refractivity contribution in [2.75, 3.05) is 11.9 Å². The number of nitrogens with one attached hydrogen (secondary N) is 2. The molecule has 9 nitrogen and oxygen atoms in total. The van der Waals surface area contributed by atoms with E-state index in [2.05, 4.69) is 101 Å². The number of anilines is 2. The van der Waals surface area contributed by atoms with E-state index in [9.17, 15) is 4.79 Å². The van der Waals surface area contributed by atoms with Crippen molar-refractivity contribution in [3.63, 3.8) is 0 Å². The molecule has 0 amide bonds. The van der Waals surface area contributed by atoms with Gasteiger partial charge in [-0.3, -0.25) is 14.3 Å². The maximum absolute atomic E-state index is 13.2. The molecular formula is C34H49N5O4Si2. The van der Waals surface area contributed by atoms with E-state index >= 15 is 0 Å². The van der Waals surface area contributed by atoms with Gasteiger partial charge in [-0.1, -0.05) is 84.0 Å². The third kappa shape index (κ3) is 7.17. The molecule has 45 heavy (non-hydrogen) atoms. The number of H-pyrrole nitrogens is 1. The lowest BCUT2D eigenvalue weighted by Gasteiger charge is -2.40. The second-order valence-corrected chi connectivity index (χ2v) is 24.7. The third-order valence-electron chi connectivity index (χ3n) is 9.82. The summed E-state index contributed by atoms with van der Waals surface area (Å²) in [5, 5.41) is 3.41. The summed E-state index contributed by atoms with van der Waals surface area (Å²) in [5.74, 6) is 0.337. The molecule has 5 rings (SSSR count). The van der Waals surface area contributed by atoms with Crippen molar-refractivity contribution in [3.05, 3.63) is 71.3 Å². The molecule has 0 aliphatic carbocycles. The summed E-state index contributed by atoms with van der Waals surface area (Å²) in [6.07, 6.45) is 1.45. The van der Waals surface area contributed by atoms with Gasteiger partial charge in [0.25, 0.3) is 5.56 Å². The maximum atomic E-state index is 13.2. The van der Waals surface area contributed by atoms with Crippen molar-refractivity contribution in [2.45, 2.75) is 103 Å². The highest BCUT2D eigenvalue weighted by Gasteiger charge is 2.47. The molecular weight excluding hydrogens is 599 g/mol. The number of aromatic nitrogens is 4. The summed E-state index contributed by atoms with van der Waals surface area (Å²) >= 11 is 0. The van der Waals surface area contributed by atoms with Gasteiger partial charge in [0.15, 0.2) is 27.8 Å². The van der Waals surface area contributed by atoms with Crippen LogP contribution < -0.4 is 10.9 Å². The van der Waals surface area contributed by atoms with E-state index in [1.165, 1.54) is 0 Å². The van der Waals surface area contributed by atoms with Crippen molar-refractivity contribution in [3.8, 4) is 11.1 Å². The maximum Gasteiger partial charge on any atom is 0.280 e. The first-order valence-corrected chi connectivity index (χ1v) is 21.6. The van der Waals surface area contributed by atoms with Gasteiger partial charge in [-0.15, -0.1) is 0 Å². The van der Waals surface area contributed by atoms with Crippen LogP contribution in [0.5, 0.6) is 0 Å². The van der Waals surface area contributed by atoms with E-state index in [1.54, 1.807) is 6.33 Å². The topological polar surface area (TPSA) is 103 Å². The Morgan fingerprint density at radius 3 is 2.29 bits per heavy atom.